The van der Waals surface area contributed by atoms with E-state index in [0.29, 0.717) is 22.6 Å². The van der Waals surface area contributed by atoms with Gasteiger partial charge in [-0.3, -0.25) is 0 Å². The second kappa shape index (κ2) is 28.3. The lowest BCUT2D eigenvalue weighted by molar-refractivity contribution is 0.00578. The molecule has 1 aliphatic heterocycles. The number of thiophene rings is 2. The summed E-state index contributed by atoms with van der Waals surface area (Å²) in [6.45, 7) is 8.26. The van der Waals surface area contributed by atoms with Gasteiger partial charge in [-0.2, -0.15) is 4.98 Å². The molecule has 28 aromatic rings. The smallest absolute Gasteiger partial charge is 0.456 e. The van der Waals surface area contributed by atoms with Crippen molar-refractivity contribution in [2.75, 3.05) is 0 Å². The first-order valence-corrected chi connectivity index (χ1v) is 45.7. The van der Waals surface area contributed by atoms with Crippen molar-refractivity contribution in [1.82, 2.24) is 29.1 Å². The maximum absolute atomic E-state index is 6.84. The predicted octanol–water partition coefficient (Wildman–Crippen LogP) is 31.7. The van der Waals surface area contributed by atoms with Gasteiger partial charge in [0.15, 0.2) is 5.15 Å². The molecule has 0 aliphatic carbocycles. The Morgan fingerprint density at radius 3 is 1.15 bits per heavy atom. The van der Waals surface area contributed by atoms with Crippen LogP contribution in [0.25, 0.3) is 260 Å². The number of para-hydroxylation sites is 4. The van der Waals surface area contributed by atoms with Crippen LogP contribution >= 0.6 is 34.3 Å². The first-order chi connectivity index (χ1) is 63.8. The first-order valence-electron chi connectivity index (χ1n) is 43.7. The Bertz CT molecular complexity index is 9700. The van der Waals surface area contributed by atoms with Crippen LogP contribution in [-0.2, 0) is 9.31 Å². The topological polar surface area (TPSA) is 132 Å². The van der Waals surface area contributed by atoms with E-state index in [9.17, 15) is 0 Å². The number of halogens is 1. The lowest BCUT2D eigenvalue weighted by Gasteiger charge is -2.32. The zero-order valence-electron chi connectivity index (χ0n) is 70.4. The number of rotatable bonds is 6. The van der Waals surface area contributed by atoms with Gasteiger partial charge in [0.25, 0.3) is 0 Å². The Labute approximate surface area is 753 Å². The van der Waals surface area contributed by atoms with E-state index < -0.39 is 0 Å². The summed E-state index contributed by atoms with van der Waals surface area (Å²) in [5.74, 6) is 0. The molecule has 0 amide bonds. The number of benzene rings is 18. The number of aromatic nitrogens is 6. The van der Waals surface area contributed by atoms with Gasteiger partial charge < -0.3 is 36.1 Å². The van der Waals surface area contributed by atoms with Crippen LogP contribution in [0.5, 0.6) is 0 Å². The van der Waals surface area contributed by atoms with Gasteiger partial charge in [0.1, 0.15) is 55.9 Å². The van der Waals surface area contributed by atoms with Gasteiger partial charge in [-0.05, 0) is 173 Å². The molecule has 614 valence electrons. The minimum Gasteiger partial charge on any atom is -0.456 e. The third kappa shape index (κ3) is 11.2. The van der Waals surface area contributed by atoms with E-state index in [4.69, 9.17) is 53.5 Å². The molecule has 12 nitrogen and oxygen atoms in total. The van der Waals surface area contributed by atoms with Gasteiger partial charge in [0.05, 0.1) is 48.4 Å². The summed E-state index contributed by atoms with van der Waals surface area (Å²) in [5.41, 5.74) is 19.3. The normalized spacial score (nSPS) is 13.6. The molecule has 0 unspecified atom stereocenters. The summed E-state index contributed by atoms with van der Waals surface area (Å²) in [4.78, 5) is 19.9. The fourth-order valence-electron chi connectivity index (χ4n) is 20.3. The van der Waals surface area contributed by atoms with Gasteiger partial charge in [0.2, 0.25) is 11.4 Å². The fraction of sp³-hybridized carbons (Fsp3) is 0.0526. The van der Waals surface area contributed by atoms with Crippen molar-refractivity contribution in [2.45, 2.75) is 38.9 Å². The molecule has 130 heavy (non-hydrogen) atoms. The highest BCUT2D eigenvalue weighted by molar-refractivity contribution is 7.27. The molecule has 1 fully saturated rings. The SMILES string of the molecule is CC1(C)OB(c2ccccc2)OC1(C)C.Clc1nc2oc3ccccc3c2nc1-c1ccc2c(c1)oc1cc(-n3c4ccccc4c4c5ccccc5c5c(sc6ccc7ccccc7c65)c43)ccc12.c1ccc(-c2nc3oc4ccccc4c3nc2-c2ccc3c(c2)oc2cc(-n4c5ccccc5c5c6ccccc6c6c(sc7ccc8ccccc8c76)c54)ccc23)cc1. The molecule has 0 N–H and O–H groups in total. The zero-order valence-corrected chi connectivity index (χ0v) is 72.8. The van der Waals surface area contributed by atoms with E-state index >= 15 is 0 Å². The van der Waals surface area contributed by atoms with Gasteiger partial charge in [-0.25, -0.2) is 15.0 Å². The highest BCUT2D eigenvalue weighted by atomic mass is 35.5. The van der Waals surface area contributed by atoms with Crippen LogP contribution in [0.15, 0.2) is 370 Å². The largest absolute Gasteiger partial charge is 0.494 e. The molecule has 29 rings (SSSR count). The van der Waals surface area contributed by atoms with E-state index in [1.807, 2.05) is 132 Å². The molecule has 11 heterocycles. The molecule has 0 atom stereocenters. The van der Waals surface area contributed by atoms with Crippen LogP contribution in [0.2, 0.25) is 5.15 Å². The molecule has 1 aliphatic rings. The van der Waals surface area contributed by atoms with Crippen LogP contribution in [0.3, 0.4) is 0 Å². The molecule has 10 aromatic heterocycles. The molecule has 16 heteroatoms. The zero-order chi connectivity index (χ0) is 86.1. The van der Waals surface area contributed by atoms with Gasteiger partial charge >= 0.3 is 7.12 Å². The van der Waals surface area contributed by atoms with E-state index in [2.05, 4.69) is 284 Å². The molecule has 18 aromatic carbocycles. The van der Waals surface area contributed by atoms with Crippen molar-refractivity contribution in [3.8, 4) is 45.1 Å². The van der Waals surface area contributed by atoms with Crippen LogP contribution in [0, 0.1) is 0 Å². The van der Waals surface area contributed by atoms with E-state index in [-0.39, 0.29) is 23.5 Å². The summed E-state index contributed by atoms with van der Waals surface area (Å²) in [5, 5.41) is 26.8. The molecule has 0 radical (unpaired) electrons. The Morgan fingerprint density at radius 2 is 0.662 bits per heavy atom. The summed E-state index contributed by atoms with van der Waals surface area (Å²) in [7, 11) is -0.240. The average molecular weight is 1730 g/mol. The average Bonchev–Trinajstić information content (AvgIpc) is 1.53. The lowest BCUT2D eigenvalue weighted by atomic mass is 9.79. The van der Waals surface area contributed by atoms with Gasteiger partial charge in [-0.1, -0.05) is 254 Å². The Kier molecular flexibility index (Phi) is 16.3. The van der Waals surface area contributed by atoms with E-state index in [0.717, 1.165) is 122 Å². The second-order valence-corrected chi connectivity index (χ2v) is 37.3. The van der Waals surface area contributed by atoms with Gasteiger partial charge in [-0.15, -0.1) is 22.7 Å². The van der Waals surface area contributed by atoms with Crippen LogP contribution in [-0.4, -0.2) is 47.4 Å². The third-order valence-corrected chi connectivity index (χ3v) is 29.6. The standard InChI is InChI=1S/C54H29N3O2S.C48H24ClN3O2S.C12H17BO2/c1-2-13-31(14-3-1)49-50(55-51-40-19-9-11-21-42(40)59-54(51)56-49)32-22-25-35-36-26-24-33(29-44(36)58-43(35)28-32)57-41-20-10-8-18-39(41)46-37-16-6-7-17-38(37)48-47-34-15-5-4-12-30(34)23-27-45(47)60-53(48)52(46)57;49-47-43(50-44-34-14-6-8-16-36(34)54-48(44)51-47)26-17-20-29-30-21-19-27(24-38(30)53-37(29)23-26)52-35-15-7-5-13-33(35)40-31-11-3-4-12-32(31)42-41-28-10-2-1-9-25(28)18-22-39(41)55-46(42)45(40)52;1-11(2)12(3,4)15-13(14-11)10-8-6-5-7-9-10/h1-29H;1-24H;5-9H,1-4H3. The summed E-state index contributed by atoms with van der Waals surface area (Å²) in [6.07, 6.45) is 0. The summed E-state index contributed by atoms with van der Waals surface area (Å²) in [6, 6.07) is 124. The number of furan rings is 4. The van der Waals surface area contributed by atoms with Crippen molar-refractivity contribution >= 4 is 262 Å². The quantitative estimate of drug-likeness (QED) is 0.148. The van der Waals surface area contributed by atoms with E-state index in [1.165, 1.54) is 122 Å². The van der Waals surface area contributed by atoms with Gasteiger partial charge in [0, 0.05) is 125 Å². The van der Waals surface area contributed by atoms with Crippen LogP contribution < -0.4 is 5.46 Å². The van der Waals surface area contributed by atoms with Crippen LogP contribution in [0.1, 0.15) is 27.7 Å². The molecule has 0 bridgehead atoms. The fourth-order valence-corrected chi connectivity index (χ4v) is 23.1. The molecule has 1 saturated heterocycles. The van der Waals surface area contributed by atoms with Crippen molar-refractivity contribution in [1.29, 1.82) is 0 Å². The lowest BCUT2D eigenvalue weighted by Crippen LogP contribution is -2.41. The van der Waals surface area contributed by atoms with Crippen molar-refractivity contribution in [2.24, 2.45) is 0 Å². The van der Waals surface area contributed by atoms with Crippen LogP contribution in [0.4, 0.5) is 0 Å². The molecule has 0 saturated carbocycles. The number of hydrogen-bond donors (Lipinski definition) is 0. The second-order valence-electron chi connectivity index (χ2n) is 34.8. The Morgan fingerprint density at radius 1 is 0.285 bits per heavy atom. The maximum atomic E-state index is 6.84. The van der Waals surface area contributed by atoms with Crippen molar-refractivity contribution in [3.05, 3.63) is 357 Å². The molecular weight excluding hydrogens is 1660 g/mol. The summed E-state index contributed by atoms with van der Waals surface area (Å²) >= 11 is 10.5. The minimum absolute atomic E-state index is 0.240. The maximum Gasteiger partial charge on any atom is 0.494 e. The molecular formula is C114H70BClN6O6S2. The Balaban J connectivity index is 0.000000116. The Hall–Kier alpha value is -15.3. The number of hydrogen-bond acceptors (Lipinski definition) is 12. The summed E-state index contributed by atoms with van der Waals surface area (Å²) < 4.78 is 47.6. The number of nitrogens with zero attached hydrogens (tertiary/aromatic N) is 6. The van der Waals surface area contributed by atoms with E-state index in [1.54, 1.807) is 0 Å². The first kappa shape index (κ1) is 74.9. The minimum atomic E-state index is -0.256. The molecule has 0 spiro atoms. The predicted molar refractivity (Wildman–Crippen MR) is 541 cm³/mol. The monoisotopic (exact) mass is 1730 g/mol. The number of fused-ring (bicyclic) bond motifs is 36. The third-order valence-electron chi connectivity index (χ3n) is 27.0. The van der Waals surface area contributed by atoms with Crippen molar-refractivity contribution < 1.29 is 27.0 Å². The highest BCUT2D eigenvalue weighted by Gasteiger charge is 2.51. The highest BCUT2D eigenvalue weighted by Crippen LogP contribution is 2.54. The van der Waals surface area contributed by atoms with Crippen molar-refractivity contribution in [3.63, 3.8) is 0 Å².